The molecule has 2 nitrogen and oxygen atoms in total. The summed E-state index contributed by atoms with van der Waals surface area (Å²) in [6.45, 7) is 4.31. The Labute approximate surface area is 86.7 Å². The number of nitrogens with zero attached hydrogens (tertiary/aromatic N) is 1. The van der Waals surface area contributed by atoms with Gasteiger partial charge in [-0.2, -0.15) is 0 Å². The van der Waals surface area contributed by atoms with E-state index < -0.39 is 0 Å². The van der Waals surface area contributed by atoms with E-state index in [1.54, 1.807) is 0 Å². The van der Waals surface area contributed by atoms with E-state index in [0.29, 0.717) is 12.1 Å². The second-order valence-electron chi connectivity index (χ2n) is 4.14. The van der Waals surface area contributed by atoms with Gasteiger partial charge in [-0.1, -0.05) is 12.8 Å². The van der Waals surface area contributed by atoms with Crippen molar-refractivity contribution in [2.45, 2.75) is 51.6 Å². The Morgan fingerprint density at radius 3 is 2.38 bits per heavy atom. The lowest BCUT2D eigenvalue weighted by atomic mass is 10.2. The predicted octanol–water partition coefficient (Wildman–Crippen LogP) is 2.14. The van der Waals surface area contributed by atoms with Crippen molar-refractivity contribution in [2.75, 3.05) is 7.05 Å². The largest absolute Gasteiger partial charge is 0.360 e. The van der Waals surface area contributed by atoms with Gasteiger partial charge in [0.15, 0.2) is 5.11 Å². The highest BCUT2D eigenvalue weighted by atomic mass is 32.1. The van der Waals surface area contributed by atoms with Gasteiger partial charge >= 0.3 is 0 Å². The Bertz CT molecular complexity index is 174. The van der Waals surface area contributed by atoms with Crippen LogP contribution in [0.15, 0.2) is 0 Å². The first-order chi connectivity index (χ1) is 6.11. The Kier molecular flexibility index (Phi) is 3.97. The lowest BCUT2D eigenvalue weighted by molar-refractivity contribution is 0.402. The molecule has 1 saturated carbocycles. The van der Waals surface area contributed by atoms with E-state index in [2.05, 4.69) is 31.1 Å². The smallest absolute Gasteiger partial charge is 0.169 e. The Balaban J connectivity index is 2.31. The summed E-state index contributed by atoms with van der Waals surface area (Å²) in [6.07, 6.45) is 5.27. The SMILES string of the molecule is CC(C)N(C)C(=S)NC1CCCC1. The third-order valence-corrected chi connectivity index (χ3v) is 3.18. The zero-order valence-electron chi connectivity index (χ0n) is 8.84. The van der Waals surface area contributed by atoms with Crippen LogP contribution in [0.1, 0.15) is 39.5 Å². The molecule has 0 saturated heterocycles. The molecule has 0 aliphatic heterocycles. The molecule has 0 aromatic rings. The van der Waals surface area contributed by atoms with Crippen molar-refractivity contribution in [2.24, 2.45) is 0 Å². The molecule has 1 rings (SSSR count). The molecule has 0 radical (unpaired) electrons. The van der Waals surface area contributed by atoms with E-state index in [1.807, 2.05) is 0 Å². The summed E-state index contributed by atoms with van der Waals surface area (Å²) in [6, 6.07) is 1.12. The van der Waals surface area contributed by atoms with Gasteiger partial charge in [0.05, 0.1) is 0 Å². The summed E-state index contributed by atoms with van der Waals surface area (Å²) in [5.41, 5.74) is 0. The fourth-order valence-corrected chi connectivity index (χ4v) is 1.96. The van der Waals surface area contributed by atoms with Crippen LogP contribution in [0, 0.1) is 0 Å². The number of hydrogen-bond acceptors (Lipinski definition) is 1. The van der Waals surface area contributed by atoms with Crippen LogP contribution in [0.4, 0.5) is 0 Å². The first-order valence-corrected chi connectivity index (χ1v) is 5.55. The van der Waals surface area contributed by atoms with Gasteiger partial charge in [-0.15, -0.1) is 0 Å². The topological polar surface area (TPSA) is 15.3 Å². The van der Waals surface area contributed by atoms with Crippen LogP contribution < -0.4 is 5.32 Å². The lowest BCUT2D eigenvalue weighted by Crippen LogP contribution is -2.44. The first-order valence-electron chi connectivity index (χ1n) is 5.14. The Hall–Kier alpha value is -0.310. The van der Waals surface area contributed by atoms with Crippen molar-refractivity contribution in [3.63, 3.8) is 0 Å². The van der Waals surface area contributed by atoms with E-state index >= 15 is 0 Å². The molecule has 1 N–H and O–H groups in total. The molecule has 1 fully saturated rings. The second kappa shape index (κ2) is 4.80. The maximum absolute atomic E-state index is 5.30. The highest BCUT2D eigenvalue weighted by Gasteiger charge is 2.17. The van der Waals surface area contributed by atoms with Crippen molar-refractivity contribution in [1.82, 2.24) is 10.2 Å². The molecule has 1 aliphatic carbocycles. The van der Waals surface area contributed by atoms with E-state index in [4.69, 9.17) is 12.2 Å². The third kappa shape index (κ3) is 3.14. The average Bonchev–Trinajstić information content (AvgIpc) is 2.55. The van der Waals surface area contributed by atoms with Crippen LogP contribution in [0.2, 0.25) is 0 Å². The minimum atomic E-state index is 0.487. The molecular formula is C10H20N2S. The third-order valence-electron chi connectivity index (χ3n) is 2.78. The Morgan fingerprint density at radius 1 is 1.38 bits per heavy atom. The van der Waals surface area contributed by atoms with Crippen molar-refractivity contribution in [3.05, 3.63) is 0 Å². The van der Waals surface area contributed by atoms with E-state index in [1.165, 1.54) is 25.7 Å². The number of rotatable bonds is 2. The van der Waals surface area contributed by atoms with Crippen molar-refractivity contribution >= 4 is 17.3 Å². The van der Waals surface area contributed by atoms with Gasteiger partial charge < -0.3 is 10.2 Å². The molecule has 76 valence electrons. The van der Waals surface area contributed by atoms with Crippen LogP contribution in [0.3, 0.4) is 0 Å². The van der Waals surface area contributed by atoms with Gasteiger partial charge in [-0.3, -0.25) is 0 Å². The van der Waals surface area contributed by atoms with Gasteiger partial charge in [0.1, 0.15) is 0 Å². The highest BCUT2D eigenvalue weighted by Crippen LogP contribution is 2.17. The van der Waals surface area contributed by atoms with E-state index in [9.17, 15) is 0 Å². The molecular weight excluding hydrogens is 180 g/mol. The molecule has 0 aromatic heterocycles. The van der Waals surface area contributed by atoms with Crippen LogP contribution in [-0.4, -0.2) is 29.1 Å². The quantitative estimate of drug-likeness (QED) is 0.688. The van der Waals surface area contributed by atoms with Gasteiger partial charge in [0.25, 0.3) is 0 Å². The summed E-state index contributed by atoms with van der Waals surface area (Å²) in [5.74, 6) is 0. The fourth-order valence-electron chi connectivity index (χ4n) is 1.58. The van der Waals surface area contributed by atoms with Crippen molar-refractivity contribution in [1.29, 1.82) is 0 Å². The lowest BCUT2D eigenvalue weighted by Gasteiger charge is -2.27. The van der Waals surface area contributed by atoms with Crippen molar-refractivity contribution < 1.29 is 0 Å². The van der Waals surface area contributed by atoms with Crippen LogP contribution in [-0.2, 0) is 0 Å². The van der Waals surface area contributed by atoms with E-state index in [-0.39, 0.29) is 0 Å². The summed E-state index contributed by atoms with van der Waals surface area (Å²) in [5, 5.41) is 4.32. The molecule has 0 bridgehead atoms. The average molecular weight is 200 g/mol. The summed E-state index contributed by atoms with van der Waals surface area (Å²) >= 11 is 5.30. The van der Waals surface area contributed by atoms with Gasteiger partial charge in [0, 0.05) is 19.1 Å². The predicted molar refractivity (Wildman–Crippen MR) is 60.9 cm³/mol. The van der Waals surface area contributed by atoms with Crippen LogP contribution >= 0.6 is 12.2 Å². The minimum Gasteiger partial charge on any atom is -0.360 e. The second-order valence-corrected chi connectivity index (χ2v) is 4.52. The summed E-state index contributed by atoms with van der Waals surface area (Å²) in [4.78, 5) is 2.12. The molecule has 0 heterocycles. The zero-order chi connectivity index (χ0) is 9.84. The monoisotopic (exact) mass is 200 g/mol. The van der Waals surface area contributed by atoms with Gasteiger partial charge in [-0.05, 0) is 38.9 Å². The highest BCUT2D eigenvalue weighted by molar-refractivity contribution is 7.80. The molecule has 0 spiro atoms. The number of hydrogen-bond donors (Lipinski definition) is 1. The molecule has 13 heavy (non-hydrogen) atoms. The normalized spacial score (nSPS) is 17.8. The molecule has 0 unspecified atom stereocenters. The van der Waals surface area contributed by atoms with Crippen molar-refractivity contribution in [3.8, 4) is 0 Å². The maximum atomic E-state index is 5.30. The van der Waals surface area contributed by atoms with E-state index in [0.717, 1.165) is 5.11 Å². The van der Waals surface area contributed by atoms with Crippen LogP contribution in [0.5, 0.6) is 0 Å². The fraction of sp³-hybridized carbons (Fsp3) is 0.900. The molecule has 0 atom stereocenters. The standard InChI is InChI=1S/C10H20N2S/c1-8(2)12(3)10(13)11-9-6-4-5-7-9/h8-9H,4-7H2,1-3H3,(H,11,13). The molecule has 0 amide bonds. The van der Waals surface area contributed by atoms with Crippen LogP contribution in [0.25, 0.3) is 0 Å². The molecule has 0 aromatic carbocycles. The Morgan fingerprint density at radius 2 is 1.92 bits per heavy atom. The molecule has 3 heteroatoms. The maximum Gasteiger partial charge on any atom is 0.169 e. The number of thiocarbonyl (C=S) groups is 1. The first kappa shape index (κ1) is 10.8. The number of nitrogens with one attached hydrogen (secondary N) is 1. The summed E-state index contributed by atoms with van der Waals surface area (Å²) < 4.78 is 0. The zero-order valence-corrected chi connectivity index (χ0v) is 9.66. The van der Waals surface area contributed by atoms with Gasteiger partial charge in [0.2, 0.25) is 0 Å². The molecule has 1 aliphatic rings. The minimum absolute atomic E-state index is 0.487. The summed E-state index contributed by atoms with van der Waals surface area (Å²) in [7, 11) is 2.05. The van der Waals surface area contributed by atoms with Gasteiger partial charge in [-0.25, -0.2) is 0 Å².